The number of hydrogen-bond acceptors (Lipinski definition) is 4. The maximum absolute atomic E-state index is 14.3. The number of amides is 1. The Hall–Kier alpha value is -1.83. The normalized spacial score (nSPS) is 33.2. The standard InChI is InChI=1S/C20H23BrFN5O/c1-12-24-25-26-27(12)15-2-3-16(22)17(5-15)23-18(28)10-19-6-13-4-14(7-19)9-20(21,8-13)11-19/h2-3,5,13-14H,4,6-11H2,1H3,(H,23,28). The lowest BCUT2D eigenvalue weighted by atomic mass is 9.48. The average molecular weight is 448 g/mol. The zero-order valence-corrected chi connectivity index (χ0v) is 17.4. The van der Waals surface area contributed by atoms with Gasteiger partial charge in [-0.25, -0.2) is 4.39 Å². The molecule has 1 heterocycles. The molecule has 4 aliphatic rings. The molecule has 0 spiro atoms. The number of aromatic nitrogens is 4. The van der Waals surface area contributed by atoms with Crippen LogP contribution in [0.1, 0.15) is 50.8 Å². The summed E-state index contributed by atoms with van der Waals surface area (Å²) in [5.41, 5.74) is 0.849. The molecule has 6 nitrogen and oxygen atoms in total. The molecule has 0 radical (unpaired) electrons. The Balaban J connectivity index is 1.34. The van der Waals surface area contributed by atoms with Crippen molar-refractivity contribution in [3.05, 3.63) is 29.8 Å². The predicted molar refractivity (Wildman–Crippen MR) is 106 cm³/mol. The first kappa shape index (κ1) is 18.2. The van der Waals surface area contributed by atoms with Gasteiger partial charge in [0, 0.05) is 10.7 Å². The zero-order chi connectivity index (χ0) is 19.5. The fourth-order valence-electron chi connectivity index (χ4n) is 6.29. The van der Waals surface area contributed by atoms with E-state index in [-0.39, 0.29) is 21.3 Å². The van der Waals surface area contributed by atoms with Gasteiger partial charge in [0.1, 0.15) is 5.82 Å². The van der Waals surface area contributed by atoms with Gasteiger partial charge in [-0.3, -0.25) is 4.79 Å². The van der Waals surface area contributed by atoms with E-state index < -0.39 is 5.82 Å². The van der Waals surface area contributed by atoms with Crippen molar-refractivity contribution >= 4 is 27.5 Å². The molecule has 6 rings (SSSR count). The van der Waals surface area contributed by atoms with Crippen LogP contribution in [0.2, 0.25) is 0 Å². The van der Waals surface area contributed by atoms with Gasteiger partial charge in [-0.2, -0.15) is 4.68 Å². The zero-order valence-electron chi connectivity index (χ0n) is 15.8. The third kappa shape index (κ3) is 3.15. The minimum absolute atomic E-state index is 0.0537. The van der Waals surface area contributed by atoms with Crippen LogP contribution in [0.25, 0.3) is 5.69 Å². The first-order valence-corrected chi connectivity index (χ1v) is 10.7. The second-order valence-corrected chi connectivity index (χ2v) is 10.8. The van der Waals surface area contributed by atoms with Crippen molar-refractivity contribution in [3.8, 4) is 5.69 Å². The summed E-state index contributed by atoms with van der Waals surface area (Å²) < 4.78 is 16.1. The Morgan fingerprint density at radius 3 is 2.71 bits per heavy atom. The van der Waals surface area contributed by atoms with Gasteiger partial charge in [0.2, 0.25) is 5.91 Å². The van der Waals surface area contributed by atoms with Crippen molar-refractivity contribution in [3.63, 3.8) is 0 Å². The molecule has 1 amide bonds. The van der Waals surface area contributed by atoms with Gasteiger partial charge in [-0.1, -0.05) is 15.9 Å². The molecule has 2 unspecified atom stereocenters. The number of aryl methyl sites for hydroxylation is 1. The first-order valence-electron chi connectivity index (χ1n) is 9.87. The molecule has 148 valence electrons. The van der Waals surface area contributed by atoms with E-state index in [1.165, 1.54) is 30.0 Å². The van der Waals surface area contributed by atoms with E-state index in [0.717, 1.165) is 31.1 Å². The topological polar surface area (TPSA) is 72.7 Å². The lowest BCUT2D eigenvalue weighted by Crippen LogP contribution is -2.53. The van der Waals surface area contributed by atoms with Crippen LogP contribution in [-0.2, 0) is 4.79 Å². The minimum atomic E-state index is -0.453. The number of rotatable bonds is 4. The summed E-state index contributed by atoms with van der Waals surface area (Å²) in [4.78, 5) is 12.9. The molecular formula is C20H23BrFN5O. The van der Waals surface area contributed by atoms with Crippen molar-refractivity contribution in [2.24, 2.45) is 17.3 Å². The predicted octanol–water partition coefficient (Wildman–Crippen LogP) is 4.17. The van der Waals surface area contributed by atoms with Gasteiger partial charge < -0.3 is 5.32 Å². The monoisotopic (exact) mass is 447 g/mol. The van der Waals surface area contributed by atoms with E-state index in [2.05, 4.69) is 36.8 Å². The number of halogens is 2. The van der Waals surface area contributed by atoms with E-state index in [1.807, 2.05) is 0 Å². The first-order chi connectivity index (χ1) is 13.3. The summed E-state index contributed by atoms with van der Waals surface area (Å²) >= 11 is 3.99. The lowest BCUT2D eigenvalue weighted by molar-refractivity contribution is -0.123. The number of benzene rings is 1. The molecule has 0 saturated heterocycles. The minimum Gasteiger partial charge on any atom is -0.324 e. The Bertz CT molecular complexity index is 930. The quantitative estimate of drug-likeness (QED) is 0.713. The van der Waals surface area contributed by atoms with Crippen molar-refractivity contribution in [2.75, 3.05) is 5.32 Å². The molecule has 1 N–H and O–H groups in total. The number of nitrogens with zero attached hydrogens (tertiary/aromatic N) is 4. The van der Waals surface area contributed by atoms with Crippen LogP contribution in [0.5, 0.6) is 0 Å². The van der Waals surface area contributed by atoms with Gasteiger partial charge in [0.05, 0.1) is 11.4 Å². The molecule has 0 aliphatic heterocycles. The van der Waals surface area contributed by atoms with Crippen molar-refractivity contribution in [1.82, 2.24) is 20.2 Å². The molecule has 4 fully saturated rings. The summed E-state index contributed by atoms with van der Waals surface area (Å²) in [5, 5.41) is 14.2. The number of carbonyl (C=O) groups is 1. The van der Waals surface area contributed by atoms with Gasteiger partial charge in [-0.15, -0.1) is 5.10 Å². The van der Waals surface area contributed by atoms with Gasteiger partial charge in [0.25, 0.3) is 0 Å². The third-order valence-electron chi connectivity index (χ3n) is 6.74. The molecule has 4 saturated carbocycles. The van der Waals surface area contributed by atoms with Crippen LogP contribution < -0.4 is 5.32 Å². The molecule has 1 aromatic carbocycles. The summed E-state index contributed by atoms with van der Waals surface area (Å²) in [6.07, 6.45) is 7.52. The summed E-state index contributed by atoms with van der Waals surface area (Å²) in [7, 11) is 0. The fraction of sp³-hybridized carbons (Fsp3) is 0.600. The number of nitrogens with one attached hydrogen (secondary N) is 1. The Kier molecular flexibility index (Phi) is 4.12. The van der Waals surface area contributed by atoms with Gasteiger partial charge in [0.15, 0.2) is 5.82 Å². The molecular weight excluding hydrogens is 425 g/mol. The Morgan fingerprint density at radius 1 is 1.32 bits per heavy atom. The number of hydrogen-bond donors (Lipinski definition) is 1. The number of anilines is 1. The highest BCUT2D eigenvalue weighted by Crippen LogP contribution is 2.65. The molecule has 8 heteroatoms. The lowest BCUT2D eigenvalue weighted by Gasteiger charge is -2.60. The van der Waals surface area contributed by atoms with E-state index in [0.29, 0.717) is 17.9 Å². The second kappa shape index (κ2) is 6.34. The van der Waals surface area contributed by atoms with E-state index >= 15 is 0 Å². The molecule has 2 atom stereocenters. The highest BCUT2D eigenvalue weighted by atomic mass is 79.9. The van der Waals surface area contributed by atoms with Crippen LogP contribution in [-0.4, -0.2) is 30.4 Å². The van der Waals surface area contributed by atoms with Crippen LogP contribution >= 0.6 is 15.9 Å². The average Bonchev–Trinajstić information content (AvgIpc) is 3.00. The van der Waals surface area contributed by atoms with Crippen LogP contribution in [0.4, 0.5) is 10.1 Å². The van der Waals surface area contributed by atoms with Crippen LogP contribution in [0.3, 0.4) is 0 Å². The summed E-state index contributed by atoms with van der Waals surface area (Å²) in [5.74, 6) is 1.47. The Morgan fingerprint density at radius 2 is 2.07 bits per heavy atom. The summed E-state index contributed by atoms with van der Waals surface area (Å²) in [6.45, 7) is 1.77. The highest BCUT2D eigenvalue weighted by Gasteiger charge is 2.57. The van der Waals surface area contributed by atoms with Gasteiger partial charge >= 0.3 is 0 Å². The molecule has 4 bridgehead atoms. The van der Waals surface area contributed by atoms with E-state index in [4.69, 9.17) is 0 Å². The summed E-state index contributed by atoms with van der Waals surface area (Å²) in [6, 6.07) is 4.52. The van der Waals surface area contributed by atoms with Crippen LogP contribution in [0, 0.1) is 30.0 Å². The Labute approximate surface area is 171 Å². The largest absolute Gasteiger partial charge is 0.324 e. The highest BCUT2D eigenvalue weighted by molar-refractivity contribution is 9.10. The van der Waals surface area contributed by atoms with E-state index in [9.17, 15) is 9.18 Å². The maximum atomic E-state index is 14.3. The van der Waals surface area contributed by atoms with Crippen molar-refractivity contribution < 1.29 is 9.18 Å². The fourth-order valence-corrected chi connectivity index (χ4v) is 7.80. The number of alkyl halides is 1. The van der Waals surface area contributed by atoms with Gasteiger partial charge in [-0.05, 0) is 91.3 Å². The SMILES string of the molecule is Cc1nnnn1-c1ccc(F)c(NC(=O)CC23CC4CC(CC(Br)(C4)C2)C3)c1. The van der Waals surface area contributed by atoms with Crippen molar-refractivity contribution in [2.45, 2.75) is 56.2 Å². The maximum Gasteiger partial charge on any atom is 0.225 e. The van der Waals surface area contributed by atoms with Crippen LogP contribution in [0.15, 0.2) is 18.2 Å². The third-order valence-corrected chi connectivity index (χ3v) is 7.67. The number of tetrazole rings is 1. The number of carbonyl (C=O) groups excluding carboxylic acids is 1. The second-order valence-electron chi connectivity index (χ2n) is 9.14. The molecule has 1 aromatic heterocycles. The molecule has 4 aliphatic carbocycles. The molecule has 2 aromatic rings. The van der Waals surface area contributed by atoms with E-state index in [1.54, 1.807) is 19.1 Å². The molecule has 28 heavy (non-hydrogen) atoms. The smallest absolute Gasteiger partial charge is 0.225 e. The van der Waals surface area contributed by atoms with Crippen molar-refractivity contribution in [1.29, 1.82) is 0 Å².